The van der Waals surface area contributed by atoms with E-state index in [0.717, 1.165) is 11.1 Å². The highest BCUT2D eigenvalue weighted by atomic mass is 32.2. The molecule has 1 fully saturated rings. The zero-order chi connectivity index (χ0) is 18.1. The summed E-state index contributed by atoms with van der Waals surface area (Å²) in [5.74, 6) is -0.157. The van der Waals surface area contributed by atoms with Crippen LogP contribution >= 0.6 is 0 Å². The van der Waals surface area contributed by atoms with Crippen molar-refractivity contribution in [1.82, 2.24) is 0 Å². The second kappa shape index (κ2) is 7.50. The summed E-state index contributed by atoms with van der Waals surface area (Å²) >= 11 is -1.92. The molecule has 1 saturated carbocycles. The van der Waals surface area contributed by atoms with Gasteiger partial charge in [0.15, 0.2) is 17.4 Å². The minimum Gasteiger partial charge on any atom is -0.368 e. The molecule has 0 aromatic heterocycles. The molecule has 3 aliphatic carbocycles. The van der Waals surface area contributed by atoms with Crippen molar-refractivity contribution in [2.75, 3.05) is 0 Å². The summed E-state index contributed by atoms with van der Waals surface area (Å²) in [6, 6.07) is 0. The molecule has 0 radical (unpaired) electrons. The summed E-state index contributed by atoms with van der Waals surface area (Å²) in [5.41, 5.74) is 3.19. The van der Waals surface area contributed by atoms with Gasteiger partial charge >= 0.3 is 0 Å². The van der Waals surface area contributed by atoms with Gasteiger partial charge in [0.2, 0.25) is 0 Å². The zero-order valence-corrected chi connectivity index (χ0v) is 14.9. The number of aliphatic hydroxyl groups is 2. The highest BCUT2D eigenvalue weighted by Crippen LogP contribution is 2.51. The Morgan fingerprint density at radius 1 is 1.36 bits per heavy atom. The van der Waals surface area contributed by atoms with E-state index in [9.17, 15) is 18.8 Å². The van der Waals surface area contributed by atoms with E-state index in [1.54, 1.807) is 18.2 Å². The minimum absolute atomic E-state index is 0.0871. The monoisotopic (exact) mass is 366 g/mol. The smallest absolute Gasteiger partial charge is 0.182 e. The Bertz CT molecular complexity index is 730. The van der Waals surface area contributed by atoms with Crippen molar-refractivity contribution in [3.8, 4) is 0 Å². The third-order valence-corrected chi connectivity index (χ3v) is 6.19. The summed E-state index contributed by atoms with van der Waals surface area (Å²) in [5, 5.41) is 18.8. The summed E-state index contributed by atoms with van der Waals surface area (Å²) < 4.78 is 34.0. The largest absolute Gasteiger partial charge is 0.368 e. The van der Waals surface area contributed by atoms with Crippen LogP contribution in [0.4, 0.5) is 4.39 Å². The molecule has 136 valence electrons. The number of fused-ring (bicyclic) bond motifs is 1. The molecule has 4 atom stereocenters. The standard InChI is InChI=1S/C19H23FO4S/c1-11-16(8-12-2-5-14(6-3-12)25(23)24)15-7-4-13(20)9-18(15)17(11)10-19(21)22/h2,4-5,8-9,11,15,17,19,21-22H,3,6-7,10H2,1H3,(H,23,24)/b16-8-/t11-,15+,17-/m1/s1. The Balaban J connectivity index is 1.91. The maximum Gasteiger partial charge on any atom is 0.182 e. The van der Waals surface area contributed by atoms with Crippen molar-refractivity contribution in [2.24, 2.45) is 17.8 Å². The Hall–Kier alpha value is -1.34. The number of allylic oxidation sites excluding steroid dienone is 10. The van der Waals surface area contributed by atoms with Crippen LogP contribution in [-0.4, -0.2) is 25.3 Å². The predicted molar refractivity (Wildman–Crippen MR) is 95.1 cm³/mol. The second-order valence-electron chi connectivity index (χ2n) is 6.90. The van der Waals surface area contributed by atoms with Crippen LogP contribution in [0.15, 0.2) is 57.8 Å². The topological polar surface area (TPSA) is 77.8 Å². The summed E-state index contributed by atoms with van der Waals surface area (Å²) in [7, 11) is 0. The third kappa shape index (κ3) is 3.92. The van der Waals surface area contributed by atoms with Crippen LogP contribution in [0.2, 0.25) is 0 Å². The number of rotatable bonds is 4. The maximum atomic E-state index is 13.7. The van der Waals surface area contributed by atoms with Gasteiger partial charge < -0.3 is 14.8 Å². The average molecular weight is 366 g/mol. The average Bonchev–Trinajstić information content (AvgIpc) is 2.80. The molecule has 6 heteroatoms. The van der Waals surface area contributed by atoms with E-state index < -0.39 is 17.4 Å². The molecule has 1 unspecified atom stereocenters. The van der Waals surface area contributed by atoms with Crippen molar-refractivity contribution in [3.63, 3.8) is 0 Å². The summed E-state index contributed by atoms with van der Waals surface area (Å²) in [6.45, 7) is 2.05. The first-order valence-electron chi connectivity index (χ1n) is 8.52. The first-order chi connectivity index (χ1) is 11.9. The number of hydrogen-bond donors (Lipinski definition) is 3. The molecule has 0 bridgehead atoms. The molecular weight excluding hydrogens is 343 g/mol. The minimum atomic E-state index is -1.92. The van der Waals surface area contributed by atoms with E-state index in [4.69, 9.17) is 4.55 Å². The number of aliphatic hydroxyl groups excluding tert-OH is 1. The fourth-order valence-corrected chi connectivity index (χ4v) is 4.59. The first-order valence-corrected chi connectivity index (χ1v) is 9.63. The lowest BCUT2D eigenvalue weighted by Gasteiger charge is -2.20. The number of halogens is 1. The fraction of sp³-hybridized carbons (Fsp3) is 0.474. The first kappa shape index (κ1) is 18.5. The van der Waals surface area contributed by atoms with Crippen LogP contribution in [0.25, 0.3) is 0 Å². The van der Waals surface area contributed by atoms with Gasteiger partial charge in [0.1, 0.15) is 5.83 Å². The van der Waals surface area contributed by atoms with Gasteiger partial charge in [-0.1, -0.05) is 30.2 Å². The van der Waals surface area contributed by atoms with Gasteiger partial charge in [-0.2, -0.15) is 0 Å². The maximum absolute atomic E-state index is 13.7. The Morgan fingerprint density at radius 2 is 2.12 bits per heavy atom. The van der Waals surface area contributed by atoms with E-state index in [1.807, 2.05) is 13.0 Å². The lowest BCUT2D eigenvalue weighted by Crippen LogP contribution is -2.17. The molecule has 0 aromatic rings. The van der Waals surface area contributed by atoms with Gasteiger partial charge in [0.05, 0.1) is 0 Å². The van der Waals surface area contributed by atoms with Crippen molar-refractivity contribution < 1.29 is 23.4 Å². The van der Waals surface area contributed by atoms with Crippen LogP contribution in [-0.2, 0) is 11.1 Å². The lowest BCUT2D eigenvalue weighted by molar-refractivity contribution is -0.0549. The summed E-state index contributed by atoms with van der Waals surface area (Å²) in [4.78, 5) is 0.520. The van der Waals surface area contributed by atoms with E-state index in [1.165, 1.54) is 5.57 Å². The normalized spacial score (nSPS) is 32.1. The molecule has 3 aliphatic rings. The van der Waals surface area contributed by atoms with Gasteiger partial charge in [0, 0.05) is 17.2 Å². The van der Waals surface area contributed by atoms with Crippen LogP contribution in [0, 0.1) is 17.8 Å². The van der Waals surface area contributed by atoms with Gasteiger partial charge in [-0.3, -0.25) is 0 Å². The molecule has 25 heavy (non-hydrogen) atoms. The molecule has 0 heterocycles. The number of hydrogen-bond acceptors (Lipinski definition) is 3. The Kier molecular flexibility index (Phi) is 5.53. The van der Waals surface area contributed by atoms with Crippen LogP contribution in [0.3, 0.4) is 0 Å². The molecule has 0 saturated heterocycles. The molecule has 0 spiro atoms. The van der Waals surface area contributed by atoms with Gasteiger partial charge in [0.25, 0.3) is 0 Å². The third-order valence-electron chi connectivity index (χ3n) is 5.40. The fourth-order valence-electron chi connectivity index (χ4n) is 4.13. The second-order valence-corrected chi connectivity index (χ2v) is 7.92. The lowest BCUT2D eigenvalue weighted by atomic mass is 9.87. The van der Waals surface area contributed by atoms with Gasteiger partial charge in [-0.05, 0) is 54.9 Å². The summed E-state index contributed by atoms with van der Waals surface area (Å²) in [6.07, 6.45) is 9.39. The van der Waals surface area contributed by atoms with E-state index in [-0.39, 0.29) is 30.0 Å². The van der Waals surface area contributed by atoms with E-state index in [2.05, 4.69) is 6.08 Å². The highest BCUT2D eigenvalue weighted by molar-refractivity contribution is 7.83. The molecule has 0 aromatic carbocycles. The van der Waals surface area contributed by atoms with Crippen LogP contribution in [0.1, 0.15) is 32.6 Å². The molecular formula is C19H23FO4S. The van der Waals surface area contributed by atoms with E-state index >= 15 is 0 Å². The van der Waals surface area contributed by atoms with Crippen molar-refractivity contribution in [1.29, 1.82) is 0 Å². The van der Waals surface area contributed by atoms with Gasteiger partial charge in [-0.25, -0.2) is 8.60 Å². The van der Waals surface area contributed by atoms with Crippen molar-refractivity contribution in [3.05, 3.63) is 57.8 Å². The highest BCUT2D eigenvalue weighted by Gasteiger charge is 2.41. The molecule has 0 aliphatic heterocycles. The molecule has 3 rings (SSSR count). The van der Waals surface area contributed by atoms with Crippen LogP contribution in [0.5, 0.6) is 0 Å². The predicted octanol–water partition coefficient (Wildman–Crippen LogP) is 3.51. The molecule has 4 nitrogen and oxygen atoms in total. The SMILES string of the molecule is C[C@@H]1/C(=C/C2=CC=C(S(=O)O)CC2)[C@@H]2CC=C(F)C=C2[C@@H]1CC(O)O. The quantitative estimate of drug-likeness (QED) is 0.526. The zero-order valence-electron chi connectivity index (χ0n) is 14.1. The Morgan fingerprint density at radius 3 is 2.72 bits per heavy atom. The molecule has 3 N–H and O–H groups in total. The molecule has 0 amide bonds. The Labute approximate surface area is 149 Å². The van der Waals surface area contributed by atoms with Crippen molar-refractivity contribution >= 4 is 11.1 Å². The van der Waals surface area contributed by atoms with Crippen LogP contribution < -0.4 is 0 Å². The van der Waals surface area contributed by atoms with E-state index in [0.29, 0.717) is 24.2 Å². The van der Waals surface area contributed by atoms with Gasteiger partial charge in [-0.15, -0.1) is 0 Å². The van der Waals surface area contributed by atoms with Crippen molar-refractivity contribution in [2.45, 2.75) is 38.9 Å².